The summed E-state index contributed by atoms with van der Waals surface area (Å²) in [5.74, 6) is -0.934. The summed E-state index contributed by atoms with van der Waals surface area (Å²) >= 11 is 0. The van der Waals surface area contributed by atoms with Crippen LogP contribution in [-0.4, -0.2) is 40.6 Å². The number of rotatable bonds is 6. The third-order valence-electron chi connectivity index (χ3n) is 2.64. The maximum absolute atomic E-state index is 10.8. The fourth-order valence-corrected chi connectivity index (χ4v) is 1.68. The third kappa shape index (κ3) is 3.64. The minimum absolute atomic E-state index is 0.205. The Morgan fingerprint density at radius 2 is 1.93 bits per heavy atom. The number of carbonyl (C=O) groups is 1. The zero-order valence-corrected chi connectivity index (χ0v) is 9.58. The fourth-order valence-electron chi connectivity index (χ4n) is 1.68. The lowest BCUT2D eigenvalue weighted by Gasteiger charge is -2.31. The number of carboxylic acids is 1. The Hall–Kier alpha value is -0.610. The van der Waals surface area contributed by atoms with Gasteiger partial charge in [-0.3, -0.25) is 4.79 Å². The van der Waals surface area contributed by atoms with Crippen LogP contribution in [0.25, 0.3) is 0 Å². The molecule has 0 aromatic carbocycles. The first-order valence-corrected chi connectivity index (χ1v) is 5.11. The SMILES string of the molecule is CCN(CC)C(C)CC(C)(N)C(=O)O. The number of hydrogen-bond acceptors (Lipinski definition) is 3. The van der Waals surface area contributed by atoms with Crippen LogP contribution in [-0.2, 0) is 4.79 Å². The van der Waals surface area contributed by atoms with Crippen molar-refractivity contribution < 1.29 is 9.90 Å². The standard InChI is InChI=1S/C10H22N2O2/c1-5-12(6-2)8(3)7-10(4,11)9(13)14/h8H,5-7,11H2,1-4H3,(H,13,14). The van der Waals surface area contributed by atoms with Crippen LogP contribution in [0.15, 0.2) is 0 Å². The summed E-state index contributed by atoms with van der Waals surface area (Å²) in [5.41, 5.74) is 4.56. The van der Waals surface area contributed by atoms with Gasteiger partial charge >= 0.3 is 5.97 Å². The zero-order chi connectivity index (χ0) is 11.4. The zero-order valence-electron chi connectivity index (χ0n) is 9.58. The summed E-state index contributed by atoms with van der Waals surface area (Å²) < 4.78 is 0. The van der Waals surface area contributed by atoms with E-state index >= 15 is 0 Å². The van der Waals surface area contributed by atoms with Gasteiger partial charge in [0.25, 0.3) is 0 Å². The average molecular weight is 202 g/mol. The highest BCUT2D eigenvalue weighted by molar-refractivity contribution is 5.77. The summed E-state index contributed by atoms with van der Waals surface area (Å²) in [4.78, 5) is 13.0. The lowest BCUT2D eigenvalue weighted by molar-refractivity contribution is -0.143. The predicted molar refractivity (Wildman–Crippen MR) is 57.2 cm³/mol. The Morgan fingerprint density at radius 3 is 2.21 bits per heavy atom. The van der Waals surface area contributed by atoms with Crippen molar-refractivity contribution in [2.24, 2.45) is 5.73 Å². The van der Waals surface area contributed by atoms with Crippen LogP contribution in [0.3, 0.4) is 0 Å². The highest BCUT2D eigenvalue weighted by atomic mass is 16.4. The molecule has 0 aliphatic carbocycles. The molecule has 2 unspecified atom stereocenters. The highest BCUT2D eigenvalue weighted by Crippen LogP contribution is 2.13. The van der Waals surface area contributed by atoms with Crippen LogP contribution < -0.4 is 5.73 Å². The molecule has 84 valence electrons. The minimum Gasteiger partial charge on any atom is -0.480 e. The Balaban J connectivity index is 4.29. The maximum Gasteiger partial charge on any atom is 0.323 e. The molecule has 0 saturated heterocycles. The van der Waals surface area contributed by atoms with Gasteiger partial charge in [0.05, 0.1) is 0 Å². The first-order valence-electron chi connectivity index (χ1n) is 5.11. The molecule has 0 fully saturated rings. The van der Waals surface area contributed by atoms with Gasteiger partial charge in [0.15, 0.2) is 0 Å². The molecule has 0 rings (SSSR count). The van der Waals surface area contributed by atoms with Crippen molar-refractivity contribution in [1.82, 2.24) is 4.90 Å². The number of aliphatic carboxylic acids is 1. The molecule has 0 amide bonds. The molecule has 4 nitrogen and oxygen atoms in total. The molecule has 0 saturated carbocycles. The predicted octanol–water partition coefficient (Wildman–Crippen LogP) is 0.909. The van der Waals surface area contributed by atoms with E-state index in [1.807, 2.05) is 6.92 Å². The molecule has 4 heteroatoms. The second-order valence-corrected chi connectivity index (χ2v) is 4.00. The van der Waals surface area contributed by atoms with Crippen molar-refractivity contribution in [3.63, 3.8) is 0 Å². The van der Waals surface area contributed by atoms with Crippen molar-refractivity contribution in [1.29, 1.82) is 0 Å². The molecule has 0 aliphatic heterocycles. The van der Waals surface area contributed by atoms with E-state index in [1.54, 1.807) is 6.92 Å². The van der Waals surface area contributed by atoms with E-state index in [2.05, 4.69) is 18.7 Å². The lowest BCUT2D eigenvalue weighted by atomic mass is 9.94. The Labute approximate surface area is 86.1 Å². The minimum atomic E-state index is -1.12. The van der Waals surface area contributed by atoms with Gasteiger partial charge in [0, 0.05) is 6.04 Å². The smallest absolute Gasteiger partial charge is 0.323 e. The molecular formula is C10H22N2O2. The van der Waals surface area contributed by atoms with E-state index < -0.39 is 11.5 Å². The second-order valence-electron chi connectivity index (χ2n) is 4.00. The topological polar surface area (TPSA) is 66.6 Å². The normalized spacial score (nSPS) is 17.9. The summed E-state index contributed by atoms with van der Waals surface area (Å²) in [6.07, 6.45) is 0.476. The van der Waals surface area contributed by atoms with E-state index in [-0.39, 0.29) is 6.04 Å². The van der Waals surface area contributed by atoms with Gasteiger partial charge in [-0.1, -0.05) is 13.8 Å². The first-order chi connectivity index (χ1) is 6.35. The van der Waals surface area contributed by atoms with Gasteiger partial charge < -0.3 is 15.7 Å². The summed E-state index contributed by atoms with van der Waals surface area (Å²) in [5, 5.41) is 8.87. The van der Waals surface area contributed by atoms with E-state index in [0.29, 0.717) is 6.42 Å². The van der Waals surface area contributed by atoms with Crippen LogP contribution in [0.1, 0.15) is 34.1 Å². The van der Waals surface area contributed by atoms with Crippen LogP contribution in [0.2, 0.25) is 0 Å². The summed E-state index contributed by atoms with van der Waals surface area (Å²) in [6, 6.07) is 0.205. The van der Waals surface area contributed by atoms with Gasteiger partial charge in [-0.2, -0.15) is 0 Å². The molecule has 0 aromatic rings. The molecule has 0 radical (unpaired) electrons. The van der Waals surface area contributed by atoms with Gasteiger partial charge in [-0.15, -0.1) is 0 Å². The van der Waals surface area contributed by atoms with Gasteiger partial charge in [-0.25, -0.2) is 0 Å². The van der Waals surface area contributed by atoms with Gasteiger partial charge in [0.1, 0.15) is 5.54 Å². The van der Waals surface area contributed by atoms with Crippen molar-refractivity contribution in [2.75, 3.05) is 13.1 Å². The molecule has 14 heavy (non-hydrogen) atoms. The lowest BCUT2D eigenvalue weighted by Crippen LogP contribution is -2.50. The number of carboxylic acid groups (broad SMARTS) is 1. The number of hydrogen-bond donors (Lipinski definition) is 2. The number of nitrogens with zero attached hydrogens (tertiary/aromatic N) is 1. The Kier molecular flexibility index (Phi) is 5.08. The van der Waals surface area contributed by atoms with E-state index in [9.17, 15) is 4.79 Å². The number of nitrogens with two attached hydrogens (primary N) is 1. The van der Waals surface area contributed by atoms with E-state index in [4.69, 9.17) is 10.8 Å². The quantitative estimate of drug-likeness (QED) is 0.672. The molecular weight excluding hydrogens is 180 g/mol. The fraction of sp³-hybridized carbons (Fsp3) is 0.900. The molecule has 0 heterocycles. The average Bonchev–Trinajstić information content (AvgIpc) is 2.05. The third-order valence-corrected chi connectivity index (χ3v) is 2.64. The molecule has 0 bridgehead atoms. The van der Waals surface area contributed by atoms with Gasteiger partial charge in [-0.05, 0) is 33.4 Å². The Morgan fingerprint density at radius 1 is 1.50 bits per heavy atom. The molecule has 0 aromatic heterocycles. The van der Waals surface area contributed by atoms with Crippen LogP contribution in [0.4, 0.5) is 0 Å². The Bertz CT molecular complexity index is 189. The molecule has 0 spiro atoms. The molecule has 3 N–H and O–H groups in total. The maximum atomic E-state index is 10.8. The van der Waals surface area contributed by atoms with Crippen molar-refractivity contribution >= 4 is 5.97 Å². The van der Waals surface area contributed by atoms with Crippen molar-refractivity contribution in [2.45, 2.75) is 45.7 Å². The second kappa shape index (κ2) is 5.32. The monoisotopic (exact) mass is 202 g/mol. The van der Waals surface area contributed by atoms with Crippen LogP contribution in [0.5, 0.6) is 0 Å². The summed E-state index contributed by atoms with van der Waals surface area (Å²) in [6.45, 7) is 9.56. The molecule has 2 atom stereocenters. The highest BCUT2D eigenvalue weighted by Gasteiger charge is 2.31. The van der Waals surface area contributed by atoms with E-state index in [0.717, 1.165) is 13.1 Å². The molecule has 0 aliphatic rings. The van der Waals surface area contributed by atoms with Crippen LogP contribution >= 0.6 is 0 Å². The van der Waals surface area contributed by atoms with Gasteiger partial charge in [0.2, 0.25) is 0 Å². The summed E-state index contributed by atoms with van der Waals surface area (Å²) in [7, 11) is 0. The van der Waals surface area contributed by atoms with Crippen LogP contribution in [0, 0.1) is 0 Å². The largest absolute Gasteiger partial charge is 0.480 e. The first kappa shape index (κ1) is 13.4. The van der Waals surface area contributed by atoms with Crippen molar-refractivity contribution in [3.05, 3.63) is 0 Å². The van der Waals surface area contributed by atoms with E-state index in [1.165, 1.54) is 0 Å². The van der Waals surface area contributed by atoms with Crippen molar-refractivity contribution in [3.8, 4) is 0 Å².